The molecule has 5 nitrogen and oxygen atoms in total. The lowest BCUT2D eigenvalue weighted by molar-refractivity contribution is 0.0597. The number of carbonyl (C=O) groups is 1. The van der Waals surface area contributed by atoms with Crippen molar-refractivity contribution in [3.05, 3.63) is 11.3 Å². The number of hydrogen-bond donors (Lipinski definition) is 1. The fourth-order valence-electron chi connectivity index (χ4n) is 1.57. The predicted octanol–water partition coefficient (Wildman–Crippen LogP) is 1.31. The van der Waals surface area contributed by atoms with E-state index in [1.54, 1.807) is 0 Å². The number of esters is 1. The Hall–Kier alpha value is -1.52. The van der Waals surface area contributed by atoms with E-state index in [-0.39, 0.29) is 11.7 Å². The first-order valence-corrected chi connectivity index (χ1v) is 4.57. The number of ether oxygens (including phenoxy) is 1. The number of nitrogens with two attached hydrogens (primary N) is 1. The van der Waals surface area contributed by atoms with E-state index in [0.29, 0.717) is 11.3 Å². The molecule has 2 rings (SSSR count). The van der Waals surface area contributed by atoms with Gasteiger partial charge in [0.2, 0.25) is 0 Å². The molecule has 1 aromatic rings. The summed E-state index contributed by atoms with van der Waals surface area (Å²) in [7, 11) is 1.32. The normalized spacial score (nSPS) is 16.4. The lowest BCUT2D eigenvalue weighted by atomic mass is 9.82. The van der Waals surface area contributed by atoms with E-state index in [0.717, 1.165) is 19.3 Å². The lowest BCUT2D eigenvalue weighted by Gasteiger charge is -2.22. The molecule has 1 saturated carbocycles. The fraction of sp³-hybridized carbons (Fsp3) is 0.556. The van der Waals surface area contributed by atoms with Gasteiger partial charge in [-0.1, -0.05) is 11.6 Å². The molecule has 1 heterocycles. The van der Waals surface area contributed by atoms with Gasteiger partial charge in [0, 0.05) is 5.92 Å². The molecule has 2 N–H and O–H groups in total. The van der Waals surface area contributed by atoms with Crippen molar-refractivity contribution in [3.63, 3.8) is 0 Å². The van der Waals surface area contributed by atoms with E-state index in [4.69, 9.17) is 10.3 Å². The average Bonchev–Trinajstić information content (AvgIpc) is 2.44. The van der Waals surface area contributed by atoms with Crippen molar-refractivity contribution >= 4 is 11.8 Å². The Labute approximate surface area is 81.2 Å². The summed E-state index contributed by atoms with van der Waals surface area (Å²) in [5.41, 5.74) is 5.83. The van der Waals surface area contributed by atoms with E-state index < -0.39 is 5.97 Å². The summed E-state index contributed by atoms with van der Waals surface area (Å²) in [6.07, 6.45) is 3.21. The summed E-state index contributed by atoms with van der Waals surface area (Å²) in [4.78, 5) is 11.4. The summed E-state index contributed by atoms with van der Waals surface area (Å²) >= 11 is 0. The van der Waals surface area contributed by atoms with Crippen LogP contribution in [0.25, 0.3) is 0 Å². The van der Waals surface area contributed by atoms with Gasteiger partial charge in [0.25, 0.3) is 0 Å². The molecular formula is C9H12N2O3. The molecule has 0 spiro atoms. The van der Waals surface area contributed by atoms with Crippen molar-refractivity contribution < 1.29 is 14.1 Å². The van der Waals surface area contributed by atoms with Crippen molar-refractivity contribution in [1.82, 2.24) is 5.16 Å². The van der Waals surface area contributed by atoms with E-state index in [9.17, 15) is 4.79 Å². The molecule has 0 aliphatic heterocycles. The average molecular weight is 196 g/mol. The van der Waals surface area contributed by atoms with Gasteiger partial charge in [0.1, 0.15) is 5.56 Å². The van der Waals surface area contributed by atoms with Crippen LogP contribution in [0, 0.1) is 0 Å². The molecule has 1 aliphatic rings. The maximum absolute atomic E-state index is 11.4. The Kier molecular flexibility index (Phi) is 2.15. The van der Waals surface area contributed by atoms with Crippen LogP contribution in [0.3, 0.4) is 0 Å². The van der Waals surface area contributed by atoms with Gasteiger partial charge in [-0.3, -0.25) is 0 Å². The zero-order chi connectivity index (χ0) is 10.1. The number of anilines is 1. The molecule has 0 radical (unpaired) electrons. The van der Waals surface area contributed by atoms with E-state index in [1.807, 2.05) is 0 Å². The van der Waals surface area contributed by atoms with Gasteiger partial charge < -0.3 is 15.0 Å². The molecule has 0 amide bonds. The van der Waals surface area contributed by atoms with Crippen molar-refractivity contribution in [2.75, 3.05) is 12.8 Å². The van der Waals surface area contributed by atoms with E-state index >= 15 is 0 Å². The third kappa shape index (κ3) is 1.25. The Morgan fingerprint density at radius 1 is 1.64 bits per heavy atom. The van der Waals surface area contributed by atoms with Crippen LogP contribution in [0.15, 0.2) is 4.52 Å². The van der Waals surface area contributed by atoms with Gasteiger partial charge in [-0.2, -0.15) is 0 Å². The van der Waals surface area contributed by atoms with Gasteiger partial charge in [0.05, 0.1) is 7.11 Å². The molecule has 1 aliphatic carbocycles. The molecule has 0 unspecified atom stereocenters. The van der Waals surface area contributed by atoms with Gasteiger partial charge in [0.15, 0.2) is 11.6 Å². The second kappa shape index (κ2) is 3.32. The Bertz CT molecular complexity index is 355. The number of nitrogens with zero attached hydrogens (tertiary/aromatic N) is 1. The Morgan fingerprint density at radius 2 is 2.36 bits per heavy atom. The quantitative estimate of drug-likeness (QED) is 0.721. The maximum atomic E-state index is 11.4. The molecule has 76 valence electrons. The molecule has 0 saturated heterocycles. The second-order valence-corrected chi connectivity index (χ2v) is 3.43. The van der Waals surface area contributed by atoms with Crippen LogP contribution < -0.4 is 5.73 Å². The highest BCUT2D eigenvalue weighted by Crippen LogP contribution is 2.39. The summed E-state index contributed by atoms with van der Waals surface area (Å²) in [6, 6.07) is 0. The number of hydrogen-bond acceptors (Lipinski definition) is 5. The van der Waals surface area contributed by atoms with Crippen LogP contribution in [-0.4, -0.2) is 18.2 Å². The SMILES string of the molecule is COC(=O)c1c(N)noc1C1CCC1. The van der Waals surface area contributed by atoms with E-state index in [1.165, 1.54) is 7.11 Å². The van der Waals surface area contributed by atoms with Gasteiger partial charge >= 0.3 is 5.97 Å². The zero-order valence-corrected chi connectivity index (χ0v) is 7.95. The largest absolute Gasteiger partial charge is 0.465 e. The molecule has 1 aromatic heterocycles. The van der Waals surface area contributed by atoms with Crippen LogP contribution in [0.2, 0.25) is 0 Å². The number of methoxy groups -OCH3 is 1. The first-order chi connectivity index (χ1) is 6.74. The number of carbonyl (C=O) groups excluding carboxylic acids is 1. The van der Waals surface area contributed by atoms with Crippen molar-refractivity contribution in [2.24, 2.45) is 0 Å². The standard InChI is InChI=1S/C9H12N2O3/c1-13-9(12)6-7(5-3-2-4-5)14-11-8(6)10/h5H,2-4H2,1H3,(H2,10,11). The van der Waals surface area contributed by atoms with Crippen LogP contribution in [0.4, 0.5) is 5.82 Å². The zero-order valence-electron chi connectivity index (χ0n) is 7.95. The minimum absolute atomic E-state index is 0.124. The number of rotatable bonds is 2. The molecule has 5 heteroatoms. The summed E-state index contributed by atoms with van der Waals surface area (Å²) in [5, 5.41) is 3.59. The van der Waals surface area contributed by atoms with Crippen LogP contribution >= 0.6 is 0 Å². The third-order valence-corrected chi connectivity index (χ3v) is 2.61. The third-order valence-electron chi connectivity index (χ3n) is 2.61. The lowest BCUT2D eigenvalue weighted by Crippen LogP contribution is -2.13. The minimum Gasteiger partial charge on any atom is -0.465 e. The topological polar surface area (TPSA) is 78.4 Å². The molecule has 14 heavy (non-hydrogen) atoms. The van der Waals surface area contributed by atoms with Crippen LogP contribution in [0.1, 0.15) is 41.3 Å². The number of aromatic nitrogens is 1. The number of nitrogen functional groups attached to an aromatic ring is 1. The molecule has 0 aromatic carbocycles. The fourth-order valence-corrected chi connectivity index (χ4v) is 1.57. The first-order valence-electron chi connectivity index (χ1n) is 4.57. The van der Waals surface area contributed by atoms with E-state index in [2.05, 4.69) is 9.89 Å². The van der Waals surface area contributed by atoms with Gasteiger partial charge in [-0.05, 0) is 12.8 Å². The van der Waals surface area contributed by atoms with Crippen LogP contribution in [-0.2, 0) is 4.74 Å². The smallest absolute Gasteiger partial charge is 0.345 e. The van der Waals surface area contributed by atoms with Crippen molar-refractivity contribution in [2.45, 2.75) is 25.2 Å². The molecular weight excluding hydrogens is 184 g/mol. The predicted molar refractivity (Wildman–Crippen MR) is 48.8 cm³/mol. The summed E-state index contributed by atoms with van der Waals surface area (Å²) in [5.74, 6) is 0.527. The Morgan fingerprint density at radius 3 is 2.86 bits per heavy atom. The highest BCUT2D eigenvalue weighted by molar-refractivity contribution is 5.95. The monoisotopic (exact) mass is 196 g/mol. The molecule has 0 bridgehead atoms. The highest BCUT2D eigenvalue weighted by atomic mass is 16.5. The minimum atomic E-state index is -0.467. The van der Waals surface area contributed by atoms with Gasteiger partial charge in [-0.15, -0.1) is 0 Å². The summed E-state index contributed by atoms with van der Waals surface area (Å²) in [6.45, 7) is 0. The Balaban J connectivity index is 2.34. The highest BCUT2D eigenvalue weighted by Gasteiger charge is 2.31. The summed E-state index contributed by atoms with van der Waals surface area (Å²) < 4.78 is 9.66. The van der Waals surface area contributed by atoms with Crippen molar-refractivity contribution in [1.29, 1.82) is 0 Å². The van der Waals surface area contributed by atoms with Gasteiger partial charge in [-0.25, -0.2) is 4.79 Å². The van der Waals surface area contributed by atoms with Crippen LogP contribution in [0.5, 0.6) is 0 Å². The maximum Gasteiger partial charge on any atom is 0.345 e. The first kappa shape index (κ1) is 9.05. The van der Waals surface area contributed by atoms with Crippen molar-refractivity contribution in [3.8, 4) is 0 Å². The molecule has 1 fully saturated rings. The molecule has 0 atom stereocenters. The second-order valence-electron chi connectivity index (χ2n) is 3.43.